The molecule has 8 aliphatic carbocycles. The molecule has 8 fully saturated rings. The highest BCUT2D eigenvalue weighted by atomic mass is 31.1. The van der Waals surface area contributed by atoms with Crippen molar-refractivity contribution in [3.05, 3.63) is 83.2 Å². The third-order valence-corrected chi connectivity index (χ3v) is 19.0. The van der Waals surface area contributed by atoms with Crippen LogP contribution in [0.2, 0.25) is 0 Å². The highest BCUT2D eigenvalue weighted by Crippen LogP contribution is 2.78. The second-order valence-corrected chi connectivity index (χ2v) is 23.7. The van der Waals surface area contributed by atoms with Crippen LogP contribution in [0.25, 0.3) is 0 Å². The molecule has 2 nitrogen and oxygen atoms in total. The maximum Gasteiger partial charge on any atom is 0.0695 e. The summed E-state index contributed by atoms with van der Waals surface area (Å²) in [7, 11) is 3.15. The van der Waals surface area contributed by atoms with Gasteiger partial charge in [-0.25, -0.2) is 0 Å². The van der Waals surface area contributed by atoms with Crippen molar-refractivity contribution < 1.29 is 0 Å². The van der Waals surface area contributed by atoms with Crippen molar-refractivity contribution in [2.75, 3.05) is 0 Å². The third-order valence-electron chi connectivity index (χ3n) is 15.2. The molecule has 50 heavy (non-hydrogen) atoms. The van der Waals surface area contributed by atoms with Gasteiger partial charge < -0.3 is 0 Å². The zero-order chi connectivity index (χ0) is 34.7. The SMILES string of the molecule is CC(C)(C)c1cc(CP(c2ccccn2)c2ccccn2)c(C(P)(C23CC4CC(CC(C4)C2)C3)C23CC4CC(CC(C4)C2)C3)cc1C(C)(C)C. The van der Waals surface area contributed by atoms with Gasteiger partial charge in [-0.15, -0.1) is 9.24 Å². The van der Waals surface area contributed by atoms with Crippen LogP contribution in [0.3, 0.4) is 0 Å². The van der Waals surface area contributed by atoms with Crippen molar-refractivity contribution >= 4 is 28.0 Å². The summed E-state index contributed by atoms with van der Waals surface area (Å²) in [6, 6.07) is 18.7. The Morgan fingerprint density at radius 2 is 0.960 bits per heavy atom. The molecule has 0 saturated heterocycles. The first-order valence-electron chi connectivity index (χ1n) is 20.3. The van der Waals surface area contributed by atoms with E-state index >= 15 is 0 Å². The number of benzene rings is 1. The van der Waals surface area contributed by atoms with Crippen molar-refractivity contribution in [2.45, 2.75) is 141 Å². The monoisotopic (exact) mass is 704 g/mol. The number of hydrogen-bond acceptors (Lipinski definition) is 2. The molecule has 11 rings (SSSR count). The van der Waals surface area contributed by atoms with Gasteiger partial charge in [-0.1, -0.05) is 65.8 Å². The van der Waals surface area contributed by atoms with Gasteiger partial charge in [-0.3, -0.25) is 9.97 Å². The van der Waals surface area contributed by atoms with Gasteiger partial charge in [0.25, 0.3) is 0 Å². The standard InChI is InChI=1S/C46H62N2P2/c1-42(2,3)38-21-36(29-50(40-11-7-9-13-47-40)41-12-8-10-14-48-41)37(22-39(38)43(4,5)6)46(49,44-23-30-15-31(24-44)17-32(16-30)25-44)45-26-33-18-34(27-45)20-35(19-33)28-45/h7-14,21-22,30-35H,15-20,23-29,49H2,1-6H3. The predicted molar refractivity (Wildman–Crippen MR) is 215 cm³/mol. The minimum atomic E-state index is -0.774. The van der Waals surface area contributed by atoms with Gasteiger partial charge in [-0.2, -0.15) is 0 Å². The van der Waals surface area contributed by atoms with E-state index in [-0.39, 0.29) is 16.0 Å². The van der Waals surface area contributed by atoms with Crippen LogP contribution < -0.4 is 10.9 Å². The molecule has 0 spiro atoms. The Balaban J connectivity index is 1.32. The van der Waals surface area contributed by atoms with Crippen molar-refractivity contribution in [3.63, 3.8) is 0 Å². The molecule has 0 radical (unpaired) electrons. The molecule has 2 heterocycles. The average Bonchev–Trinajstić information content (AvgIpc) is 3.05. The van der Waals surface area contributed by atoms with Crippen molar-refractivity contribution in [3.8, 4) is 0 Å². The molecule has 1 unspecified atom stereocenters. The molecule has 2 aromatic heterocycles. The maximum absolute atomic E-state index is 5.06. The summed E-state index contributed by atoms with van der Waals surface area (Å²) in [4.78, 5) is 10.1. The summed E-state index contributed by atoms with van der Waals surface area (Å²) >= 11 is 0. The smallest absolute Gasteiger partial charge is 0.0695 e. The van der Waals surface area contributed by atoms with E-state index in [2.05, 4.69) is 99.3 Å². The molecule has 3 aromatic rings. The van der Waals surface area contributed by atoms with E-state index in [9.17, 15) is 0 Å². The lowest BCUT2D eigenvalue weighted by Gasteiger charge is -2.72. The van der Waals surface area contributed by atoms with E-state index in [0.717, 1.165) is 41.7 Å². The van der Waals surface area contributed by atoms with Crippen LogP contribution in [0.5, 0.6) is 0 Å². The Labute approximate surface area is 307 Å². The Morgan fingerprint density at radius 3 is 1.30 bits per heavy atom. The highest BCUT2D eigenvalue weighted by molar-refractivity contribution is 7.71. The van der Waals surface area contributed by atoms with Crippen molar-refractivity contribution in [2.24, 2.45) is 46.3 Å². The van der Waals surface area contributed by atoms with E-state index in [1.165, 1.54) is 87.9 Å². The zero-order valence-electron chi connectivity index (χ0n) is 31.8. The van der Waals surface area contributed by atoms with Gasteiger partial charge in [0.15, 0.2) is 0 Å². The van der Waals surface area contributed by atoms with Gasteiger partial charge in [-0.05, 0) is 181 Å². The molecule has 8 bridgehead atoms. The molecule has 4 heteroatoms. The maximum atomic E-state index is 5.06. The molecule has 0 aliphatic heterocycles. The normalized spacial score (nSPS) is 35.5. The highest BCUT2D eigenvalue weighted by Gasteiger charge is 2.69. The molecule has 266 valence electrons. The van der Waals surface area contributed by atoms with Crippen molar-refractivity contribution in [1.82, 2.24) is 9.97 Å². The lowest BCUT2D eigenvalue weighted by Crippen LogP contribution is -2.64. The summed E-state index contributed by atoms with van der Waals surface area (Å²) in [5.74, 6) is 5.63. The Kier molecular flexibility index (Phi) is 8.16. The summed E-state index contributed by atoms with van der Waals surface area (Å²) in [5.41, 5.74) is 9.79. The molecular weight excluding hydrogens is 642 g/mol. The predicted octanol–water partition coefficient (Wildman–Crippen LogP) is 11.2. The van der Waals surface area contributed by atoms with Gasteiger partial charge in [0.1, 0.15) is 0 Å². The number of pyridine rings is 2. The van der Waals surface area contributed by atoms with E-state index in [1.807, 2.05) is 12.4 Å². The first-order chi connectivity index (χ1) is 23.8. The fourth-order valence-electron chi connectivity index (χ4n) is 14.2. The third kappa shape index (κ3) is 5.45. The first-order valence-corrected chi connectivity index (χ1v) is 22.4. The van der Waals surface area contributed by atoms with Crippen LogP contribution in [-0.4, -0.2) is 9.97 Å². The Morgan fingerprint density at radius 1 is 0.580 bits per heavy atom. The Hall–Kier alpha value is -1.62. The quantitative estimate of drug-likeness (QED) is 0.229. The lowest BCUT2D eigenvalue weighted by molar-refractivity contribution is -0.158. The summed E-state index contributed by atoms with van der Waals surface area (Å²) in [6.45, 7) is 14.8. The minimum Gasteiger partial charge on any atom is -0.256 e. The van der Waals surface area contributed by atoms with Crippen LogP contribution >= 0.6 is 17.2 Å². The van der Waals surface area contributed by atoms with Gasteiger partial charge in [0.05, 0.1) is 10.9 Å². The van der Waals surface area contributed by atoms with E-state index < -0.39 is 7.92 Å². The van der Waals surface area contributed by atoms with Crippen LogP contribution in [0.15, 0.2) is 60.9 Å². The molecule has 1 aromatic carbocycles. The molecule has 1 atom stereocenters. The number of nitrogens with zero attached hydrogens (tertiary/aromatic N) is 2. The van der Waals surface area contributed by atoms with Crippen LogP contribution in [0.4, 0.5) is 0 Å². The molecule has 0 amide bonds. The molecule has 0 N–H and O–H groups in total. The van der Waals surface area contributed by atoms with Gasteiger partial charge in [0.2, 0.25) is 0 Å². The number of hydrogen-bond donors (Lipinski definition) is 0. The molecule has 8 saturated carbocycles. The van der Waals surface area contributed by atoms with Crippen LogP contribution in [-0.2, 0) is 22.1 Å². The van der Waals surface area contributed by atoms with Gasteiger partial charge in [0, 0.05) is 31.6 Å². The second-order valence-electron chi connectivity index (χ2n) is 20.7. The van der Waals surface area contributed by atoms with Crippen molar-refractivity contribution in [1.29, 1.82) is 0 Å². The van der Waals surface area contributed by atoms with E-state index in [4.69, 9.17) is 9.97 Å². The Bertz CT molecular complexity index is 1580. The molecule has 8 aliphatic rings. The van der Waals surface area contributed by atoms with Crippen LogP contribution in [0, 0.1) is 46.3 Å². The second kappa shape index (κ2) is 11.9. The fraction of sp³-hybridized carbons (Fsp3) is 0.652. The fourth-order valence-corrected chi connectivity index (χ4v) is 17.3. The van der Waals surface area contributed by atoms with Gasteiger partial charge >= 0.3 is 0 Å². The summed E-state index contributed by atoms with van der Waals surface area (Å²) in [6.07, 6.45) is 22.8. The zero-order valence-corrected chi connectivity index (χ0v) is 33.9. The minimum absolute atomic E-state index is 0.0551. The first kappa shape index (κ1) is 34.2. The number of rotatable bonds is 7. The lowest BCUT2D eigenvalue weighted by atomic mass is 9.36. The summed E-state index contributed by atoms with van der Waals surface area (Å²) < 4.78 is 0. The van der Waals surface area contributed by atoms with Crippen LogP contribution in [0.1, 0.15) is 141 Å². The van der Waals surface area contributed by atoms with E-state index in [1.54, 1.807) is 22.3 Å². The molecular formula is C46H62N2P2. The van der Waals surface area contributed by atoms with E-state index in [0.29, 0.717) is 10.8 Å². The number of aromatic nitrogens is 2. The summed E-state index contributed by atoms with van der Waals surface area (Å²) in [5, 5.41) is 0.0903. The largest absolute Gasteiger partial charge is 0.256 e. The average molecular weight is 705 g/mol. The topological polar surface area (TPSA) is 25.8 Å².